The fourth-order valence-corrected chi connectivity index (χ4v) is 3.36. The molecule has 0 radical (unpaired) electrons. The molecule has 0 bridgehead atoms. The van der Waals surface area contributed by atoms with Gasteiger partial charge in [-0.05, 0) is 42.5 Å². The van der Waals surface area contributed by atoms with Crippen LogP contribution in [0.3, 0.4) is 0 Å². The first-order chi connectivity index (χ1) is 13.9. The number of phenolic OH excluding ortho intramolecular Hbond substituents is 1. The van der Waals surface area contributed by atoms with Crippen LogP contribution in [0.5, 0.6) is 5.75 Å². The minimum Gasteiger partial charge on any atom is -0.506 e. The van der Waals surface area contributed by atoms with E-state index in [1.807, 2.05) is 39.8 Å². The maximum atomic E-state index is 13.0. The summed E-state index contributed by atoms with van der Waals surface area (Å²) < 4.78 is 0. The largest absolute Gasteiger partial charge is 0.506 e. The van der Waals surface area contributed by atoms with Crippen LogP contribution < -0.4 is 10.6 Å². The molecule has 1 atom stereocenters. The van der Waals surface area contributed by atoms with E-state index in [1.54, 1.807) is 31.2 Å². The highest BCUT2D eigenvalue weighted by molar-refractivity contribution is 6.10. The molecule has 1 heterocycles. The summed E-state index contributed by atoms with van der Waals surface area (Å²) in [6, 6.07) is 11.6. The predicted octanol–water partition coefficient (Wildman–Crippen LogP) is 3.40. The molecule has 2 aromatic carbocycles. The molecule has 0 aromatic heterocycles. The summed E-state index contributed by atoms with van der Waals surface area (Å²) in [5.41, 5.74) is 1.43. The molecule has 1 unspecified atom stereocenters. The van der Waals surface area contributed by atoms with Crippen molar-refractivity contribution in [3.8, 4) is 5.75 Å². The number of benzene rings is 2. The topological polar surface area (TPSA) is 98.7 Å². The van der Waals surface area contributed by atoms with Gasteiger partial charge in [-0.2, -0.15) is 0 Å². The van der Waals surface area contributed by atoms with Crippen molar-refractivity contribution in [1.29, 1.82) is 0 Å². The van der Waals surface area contributed by atoms with Gasteiger partial charge in [0.15, 0.2) is 0 Å². The predicted molar refractivity (Wildman–Crippen MR) is 114 cm³/mol. The van der Waals surface area contributed by atoms with Crippen molar-refractivity contribution in [1.82, 2.24) is 10.2 Å². The van der Waals surface area contributed by atoms with E-state index in [-0.39, 0.29) is 16.9 Å². The van der Waals surface area contributed by atoms with Crippen LogP contribution >= 0.6 is 0 Å². The zero-order chi connectivity index (χ0) is 22.3. The Morgan fingerprint density at radius 1 is 1.13 bits per heavy atom. The molecule has 4 amide bonds. The Balaban J connectivity index is 1.77. The normalized spacial score (nSPS) is 19.0. The number of hydrogen-bond donors (Lipinski definition) is 3. The molecule has 1 aliphatic rings. The molecule has 0 spiro atoms. The molecule has 7 heteroatoms. The van der Waals surface area contributed by atoms with Crippen LogP contribution in [-0.2, 0) is 20.5 Å². The summed E-state index contributed by atoms with van der Waals surface area (Å²) in [4.78, 5) is 38.9. The molecule has 1 saturated heterocycles. The first-order valence-electron chi connectivity index (χ1n) is 9.76. The van der Waals surface area contributed by atoms with E-state index in [0.29, 0.717) is 5.56 Å². The number of nitrogens with zero attached hydrogens (tertiary/aromatic N) is 1. The van der Waals surface area contributed by atoms with Gasteiger partial charge in [-0.15, -0.1) is 0 Å². The molecule has 0 aliphatic carbocycles. The Morgan fingerprint density at radius 3 is 2.37 bits per heavy atom. The highest BCUT2D eigenvalue weighted by Gasteiger charge is 2.49. The second-order valence-corrected chi connectivity index (χ2v) is 8.84. The highest BCUT2D eigenvalue weighted by atomic mass is 16.3. The van der Waals surface area contributed by atoms with Crippen LogP contribution in [0.4, 0.5) is 10.5 Å². The molecular weight excluding hydrogens is 382 g/mol. The Bertz CT molecular complexity index is 1010. The number of hydrogen-bond acceptors (Lipinski definition) is 4. The SMILES string of the molecule is Cc1ccc(C2(C)NC(=O)N(CC(=O)Nc3cc(C(C)(C)C)ccc3O)C2=O)cc1. The Hall–Kier alpha value is -3.35. The maximum absolute atomic E-state index is 13.0. The number of urea groups is 1. The lowest BCUT2D eigenvalue weighted by Crippen LogP contribution is -2.42. The number of amides is 4. The quantitative estimate of drug-likeness (QED) is 0.532. The second-order valence-electron chi connectivity index (χ2n) is 8.84. The van der Waals surface area contributed by atoms with E-state index in [2.05, 4.69) is 10.6 Å². The van der Waals surface area contributed by atoms with Crippen molar-refractivity contribution in [2.45, 2.75) is 45.6 Å². The summed E-state index contributed by atoms with van der Waals surface area (Å²) in [6.45, 7) is 9.15. The molecule has 1 aliphatic heterocycles. The maximum Gasteiger partial charge on any atom is 0.325 e. The van der Waals surface area contributed by atoms with Crippen LogP contribution in [0.2, 0.25) is 0 Å². The van der Waals surface area contributed by atoms with Crippen LogP contribution in [0.15, 0.2) is 42.5 Å². The Labute approximate surface area is 176 Å². The lowest BCUT2D eigenvalue weighted by molar-refractivity contribution is -0.133. The number of rotatable bonds is 4. The van der Waals surface area contributed by atoms with E-state index in [1.165, 1.54) is 6.07 Å². The van der Waals surface area contributed by atoms with Gasteiger partial charge in [0, 0.05) is 0 Å². The number of aromatic hydroxyl groups is 1. The molecule has 0 saturated carbocycles. The second kappa shape index (κ2) is 7.48. The van der Waals surface area contributed by atoms with Crippen molar-refractivity contribution in [2.75, 3.05) is 11.9 Å². The van der Waals surface area contributed by atoms with Crippen LogP contribution in [0.1, 0.15) is 44.4 Å². The average Bonchev–Trinajstić information content (AvgIpc) is 2.87. The number of carbonyl (C=O) groups excluding carboxylic acids is 3. The van der Waals surface area contributed by atoms with Gasteiger partial charge in [0.05, 0.1) is 5.69 Å². The van der Waals surface area contributed by atoms with Gasteiger partial charge in [0.2, 0.25) is 5.91 Å². The van der Waals surface area contributed by atoms with E-state index in [4.69, 9.17) is 0 Å². The number of aryl methyl sites for hydroxylation is 1. The first-order valence-corrected chi connectivity index (χ1v) is 9.76. The van der Waals surface area contributed by atoms with E-state index < -0.39 is 29.9 Å². The van der Waals surface area contributed by atoms with Gasteiger partial charge in [-0.3, -0.25) is 14.5 Å². The van der Waals surface area contributed by atoms with Gasteiger partial charge in [0.1, 0.15) is 17.8 Å². The van der Waals surface area contributed by atoms with Gasteiger partial charge in [-0.25, -0.2) is 4.79 Å². The summed E-state index contributed by atoms with van der Waals surface area (Å²) in [7, 11) is 0. The van der Waals surface area contributed by atoms with Crippen molar-refractivity contribution in [3.63, 3.8) is 0 Å². The van der Waals surface area contributed by atoms with Crippen LogP contribution in [0, 0.1) is 6.92 Å². The monoisotopic (exact) mass is 409 g/mol. The van der Waals surface area contributed by atoms with E-state index in [0.717, 1.165) is 16.0 Å². The van der Waals surface area contributed by atoms with Crippen LogP contribution in [-0.4, -0.2) is 34.4 Å². The van der Waals surface area contributed by atoms with Gasteiger partial charge >= 0.3 is 6.03 Å². The van der Waals surface area contributed by atoms with Gasteiger partial charge in [-0.1, -0.05) is 56.7 Å². The van der Waals surface area contributed by atoms with Crippen molar-refractivity contribution in [2.24, 2.45) is 0 Å². The summed E-state index contributed by atoms with van der Waals surface area (Å²) in [5, 5.41) is 15.4. The molecular formula is C23H27N3O4. The molecule has 3 rings (SSSR count). The van der Waals surface area contributed by atoms with Gasteiger partial charge in [0.25, 0.3) is 5.91 Å². The summed E-state index contributed by atoms with van der Waals surface area (Å²) in [6.07, 6.45) is 0. The first kappa shape index (κ1) is 21.4. The minimum absolute atomic E-state index is 0.0851. The summed E-state index contributed by atoms with van der Waals surface area (Å²) >= 11 is 0. The zero-order valence-corrected chi connectivity index (χ0v) is 17.9. The van der Waals surface area contributed by atoms with Crippen LogP contribution in [0.25, 0.3) is 0 Å². The molecule has 1 fully saturated rings. The fourth-order valence-electron chi connectivity index (χ4n) is 3.36. The number of carbonyl (C=O) groups is 3. The average molecular weight is 409 g/mol. The third-order valence-corrected chi connectivity index (χ3v) is 5.34. The fraction of sp³-hybridized carbons (Fsp3) is 0.348. The van der Waals surface area contributed by atoms with E-state index >= 15 is 0 Å². The number of nitrogens with one attached hydrogen (secondary N) is 2. The van der Waals surface area contributed by atoms with E-state index in [9.17, 15) is 19.5 Å². The third-order valence-electron chi connectivity index (χ3n) is 5.34. The number of phenols is 1. The minimum atomic E-state index is -1.24. The number of imide groups is 1. The highest BCUT2D eigenvalue weighted by Crippen LogP contribution is 2.31. The molecule has 30 heavy (non-hydrogen) atoms. The van der Waals surface area contributed by atoms with Crippen molar-refractivity contribution >= 4 is 23.5 Å². The number of anilines is 1. The Morgan fingerprint density at radius 2 is 1.77 bits per heavy atom. The molecule has 7 nitrogen and oxygen atoms in total. The lowest BCUT2D eigenvalue weighted by atomic mass is 9.87. The molecule has 2 aromatic rings. The standard InChI is InChI=1S/C23H27N3O4/c1-14-6-8-15(9-7-14)23(5)20(29)26(21(30)25-23)13-19(28)24-17-12-16(22(2,3)4)10-11-18(17)27/h6-12,27H,13H2,1-5H3,(H,24,28)(H,25,30). The Kier molecular flexibility index (Phi) is 5.33. The molecule has 3 N–H and O–H groups in total. The van der Waals surface area contributed by atoms with Gasteiger partial charge < -0.3 is 15.7 Å². The lowest BCUT2D eigenvalue weighted by Gasteiger charge is -2.22. The zero-order valence-electron chi connectivity index (χ0n) is 17.9. The van der Waals surface area contributed by atoms with Crippen molar-refractivity contribution < 1.29 is 19.5 Å². The molecule has 158 valence electrons. The van der Waals surface area contributed by atoms with Crippen molar-refractivity contribution in [3.05, 3.63) is 59.2 Å². The third kappa shape index (κ3) is 4.01. The summed E-state index contributed by atoms with van der Waals surface area (Å²) in [5.74, 6) is -1.16. The smallest absolute Gasteiger partial charge is 0.325 e.